The van der Waals surface area contributed by atoms with E-state index in [9.17, 15) is 14.4 Å². The number of hydrogen-bond donors (Lipinski definition) is 1. The molecule has 38 heavy (non-hydrogen) atoms. The smallest absolute Gasteiger partial charge is 0.321 e. The maximum absolute atomic E-state index is 12.4. The fourth-order valence-corrected chi connectivity index (χ4v) is 4.33. The van der Waals surface area contributed by atoms with Crippen LogP contribution in [0.2, 0.25) is 0 Å². The molecule has 6 heteroatoms. The average Bonchev–Trinajstić information content (AvgIpc) is 2.87. The van der Waals surface area contributed by atoms with E-state index >= 15 is 0 Å². The standard InChI is InChI=1S/C32H39NO5/c1-7-24(10-8-23-9-15-30(21(2)16-23)37-20-31(36)32(4,5)6)25-11-12-27-18-28(14-13-26(27)17-25)29(35)19-33-38-22(3)34/h9,11-18,24,33H,7-8,10,19-20H2,1-6H3. The lowest BCUT2D eigenvalue weighted by atomic mass is 9.88. The molecule has 3 rings (SSSR count). The predicted octanol–water partition coefficient (Wildman–Crippen LogP) is 6.52. The van der Waals surface area contributed by atoms with Gasteiger partial charge in [-0.2, -0.15) is 0 Å². The zero-order chi connectivity index (χ0) is 27.9. The zero-order valence-corrected chi connectivity index (χ0v) is 23.4. The third kappa shape index (κ3) is 7.99. The number of benzene rings is 3. The molecule has 0 aromatic heterocycles. The minimum absolute atomic E-state index is 0.0668. The summed E-state index contributed by atoms with van der Waals surface area (Å²) in [6.45, 7) is 11.2. The van der Waals surface area contributed by atoms with E-state index in [1.54, 1.807) is 0 Å². The highest BCUT2D eigenvalue weighted by molar-refractivity contribution is 6.01. The number of ether oxygens (including phenoxy) is 1. The molecular formula is C32H39NO5. The van der Waals surface area contributed by atoms with Crippen molar-refractivity contribution in [1.82, 2.24) is 5.48 Å². The van der Waals surface area contributed by atoms with Gasteiger partial charge >= 0.3 is 5.97 Å². The molecule has 0 aliphatic rings. The van der Waals surface area contributed by atoms with Crippen molar-refractivity contribution in [2.75, 3.05) is 13.2 Å². The van der Waals surface area contributed by atoms with Crippen LogP contribution in [0.5, 0.6) is 5.75 Å². The van der Waals surface area contributed by atoms with Crippen LogP contribution in [0.25, 0.3) is 10.8 Å². The van der Waals surface area contributed by atoms with E-state index < -0.39 is 11.4 Å². The van der Waals surface area contributed by atoms with Gasteiger partial charge in [-0.05, 0) is 71.7 Å². The summed E-state index contributed by atoms with van der Waals surface area (Å²) < 4.78 is 5.80. The second-order valence-corrected chi connectivity index (χ2v) is 10.9. The van der Waals surface area contributed by atoms with E-state index in [4.69, 9.17) is 4.74 Å². The summed E-state index contributed by atoms with van der Waals surface area (Å²) in [6, 6.07) is 18.3. The molecule has 0 spiro atoms. The second-order valence-electron chi connectivity index (χ2n) is 10.9. The van der Waals surface area contributed by atoms with Gasteiger partial charge in [-0.25, -0.2) is 0 Å². The predicted molar refractivity (Wildman–Crippen MR) is 151 cm³/mol. The molecule has 0 radical (unpaired) electrons. The molecule has 0 fully saturated rings. The molecule has 0 aliphatic heterocycles. The van der Waals surface area contributed by atoms with Gasteiger partial charge in [0.25, 0.3) is 0 Å². The summed E-state index contributed by atoms with van der Waals surface area (Å²) in [6.07, 6.45) is 2.99. The quantitative estimate of drug-likeness (QED) is 0.218. The van der Waals surface area contributed by atoms with Crippen molar-refractivity contribution in [2.24, 2.45) is 5.41 Å². The monoisotopic (exact) mass is 517 g/mol. The van der Waals surface area contributed by atoms with Crippen molar-refractivity contribution in [3.8, 4) is 5.75 Å². The minimum Gasteiger partial charge on any atom is -0.486 e. The molecule has 1 atom stereocenters. The fourth-order valence-electron chi connectivity index (χ4n) is 4.33. The van der Waals surface area contributed by atoms with Crippen LogP contribution in [0.3, 0.4) is 0 Å². The Morgan fingerprint density at radius 3 is 2.32 bits per heavy atom. The van der Waals surface area contributed by atoms with Gasteiger partial charge in [-0.3, -0.25) is 14.4 Å². The van der Waals surface area contributed by atoms with Crippen LogP contribution < -0.4 is 10.2 Å². The normalized spacial score (nSPS) is 12.3. The number of Topliss-reactive ketones (excluding diaryl/α,β-unsaturated/α-hetero) is 2. The number of hydroxylamine groups is 1. The van der Waals surface area contributed by atoms with Crippen LogP contribution in [-0.2, 0) is 20.8 Å². The Morgan fingerprint density at radius 2 is 1.66 bits per heavy atom. The molecule has 0 bridgehead atoms. The lowest BCUT2D eigenvalue weighted by Gasteiger charge is -2.18. The van der Waals surface area contributed by atoms with Crippen molar-refractivity contribution >= 4 is 28.3 Å². The first kappa shape index (κ1) is 29.1. The average molecular weight is 518 g/mol. The van der Waals surface area contributed by atoms with Gasteiger partial charge in [-0.1, -0.05) is 70.2 Å². The molecule has 202 valence electrons. The number of carbonyl (C=O) groups excluding carboxylic acids is 3. The van der Waals surface area contributed by atoms with Crippen LogP contribution in [0.4, 0.5) is 0 Å². The molecular weight excluding hydrogens is 478 g/mol. The molecule has 0 saturated heterocycles. The highest BCUT2D eigenvalue weighted by Gasteiger charge is 2.21. The van der Waals surface area contributed by atoms with Crippen molar-refractivity contribution in [1.29, 1.82) is 0 Å². The molecule has 3 aromatic rings. The molecule has 0 saturated carbocycles. The van der Waals surface area contributed by atoms with Gasteiger partial charge in [-0.15, -0.1) is 5.48 Å². The van der Waals surface area contributed by atoms with E-state index in [-0.39, 0.29) is 24.7 Å². The van der Waals surface area contributed by atoms with Crippen LogP contribution >= 0.6 is 0 Å². The number of aryl methyl sites for hydroxylation is 2. The lowest BCUT2D eigenvalue weighted by molar-refractivity contribution is -0.147. The number of ketones is 2. The third-order valence-electron chi connectivity index (χ3n) is 6.82. The van der Waals surface area contributed by atoms with E-state index in [1.807, 2.05) is 52.0 Å². The Labute approximate surface area is 225 Å². The number of carbonyl (C=O) groups is 3. The number of hydrogen-bond acceptors (Lipinski definition) is 6. The third-order valence-corrected chi connectivity index (χ3v) is 6.82. The summed E-state index contributed by atoms with van der Waals surface area (Å²) in [5.74, 6) is 0.624. The Kier molecular flexibility index (Phi) is 9.81. The summed E-state index contributed by atoms with van der Waals surface area (Å²) in [7, 11) is 0. The largest absolute Gasteiger partial charge is 0.486 e. The van der Waals surface area contributed by atoms with Crippen LogP contribution in [-0.4, -0.2) is 30.7 Å². The number of rotatable bonds is 12. The van der Waals surface area contributed by atoms with Crippen molar-refractivity contribution in [2.45, 2.75) is 66.7 Å². The highest BCUT2D eigenvalue weighted by atomic mass is 16.7. The van der Waals surface area contributed by atoms with Gasteiger partial charge in [0.05, 0.1) is 6.54 Å². The lowest BCUT2D eigenvalue weighted by Crippen LogP contribution is -2.26. The second kappa shape index (κ2) is 12.8. The summed E-state index contributed by atoms with van der Waals surface area (Å²) in [5.41, 5.74) is 6.13. The molecule has 3 aromatic carbocycles. The van der Waals surface area contributed by atoms with Crippen LogP contribution in [0.1, 0.15) is 80.4 Å². The number of fused-ring (bicyclic) bond motifs is 1. The van der Waals surface area contributed by atoms with E-state index in [1.165, 1.54) is 18.1 Å². The summed E-state index contributed by atoms with van der Waals surface area (Å²) in [5, 5.41) is 2.09. The summed E-state index contributed by atoms with van der Waals surface area (Å²) in [4.78, 5) is 40.1. The SMILES string of the molecule is CCC(CCc1ccc(OCC(=O)C(C)(C)C)c(C)c1)c1ccc2cc(C(=O)CNOC(C)=O)ccc2c1. The molecule has 0 amide bonds. The van der Waals surface area contributed by atoms with Crippen LogP contribution in [0, 0.1) is 12.3 Å². The molecule has 1 N–H and O–H groups in total. The minimum atomic E-state index is -0.486. The van der Waals surface area contributed by atoms with Gasteiger partial charge in [0.2, 0.25) is 0 Å². The van der Waals surface area contributed by atoms with Crippen LogP contribution in [0.15, 0.2) is 54.6 Å². The van der Waals surface area contributed by atoms with Gasteiger partial charge in [0, 0.05) is 17.9 Å². The van der Waals surface area contributed by atoms with E-state index in [0.717, 1.165) is 41.3 Å². The maximum Gasteiger partial charge on any atom is 0.321 e. The summed E-state index contributed by atoms with van der Waals surface area (Å²) >= 11 is 0. The molecule has 0 aliphatic carbocycles. The maximum atomic E-state index is 12.4. The number of nitrogens with one attached hydrogen (secondary N) is 1. The van der Waals surface area contributed by atoms with E-state index in [0.29, 0.717) is 11.5 Å². The molecule has 6 nitrogen and oxygen atoms in total. The first-order valence-electron chi connectivity index (χ1n) is 13.2. The highest BCUT2D eigenvalue weighted by Crippen LogP contribution is 2.30. The van der Waals surface area contributed by atoms with Gasteiger partial charge < -0.3 is 9.57 Å². The molecule has 1 unspecified atom stereocenters. The Morgan fingerprint density at radius 1 is 0.947 bits per heavy atom. The van der Waals surface area contributed by atoms with Crippen molar-refractivity contribution < 1.29 is 24.0 Å². The van der Waals surface area contributed by atoms with E-state index in [2.05, 4.69) is 47.6 Å². The van der Waals surface area contributed by atoms with Crippen molar-refractivity contribution in [3.63, 3.8) is 0 Å². The first-order valence-corrected chi connectivity index (χ1v) is 13.2. The fraction of sp³-hybridized carbons (Fsp3) is 0.406. The Hall–Kier alpha value is -3.51. The zero-order valence-electron chi connectivity index (χ0n) is 23.4. The van der Waals surface area contributed by atoms with Crippen molar-refractivity contribution in [3.05, 3.63) is 76.9 Å². The Balaban J connectivity index is 1.63. The van der Waals surface area contributed by atoms with Gasteiger partial charge in [0.1, 0.15) is 12.4 Å². The van der Waals surface area contributed by atoms with Gasteiger partial charge in [0.15, 0.2) is 11.6 Å². The topological polar surface area (TPSA) is 81.7 Å². The molecule has 0 heterocycles. The Bertz CT molecular complexity index is 1300. The first-order chi connectivity index (χ1) is 18.0.